The quantitative estimate of drug-likeness (QED) is 0.155. The Morgan fingerprint density at radius 1 is 0.429 bits per heavy atom. The Morgan fingerprint density at radius 3 is 1.29 bits per heavy atom. The summed E-state index contributed by atoms with van der Waals surface area (Å²) < 4.78 is 2.36. The predicted molar refractivity (Wildman–Crippen MR) is 230 cm³/mol. The maximum Gasteiger partial charge on any atom is 0.0541 e. The van der Waals surface area contributed by atoms with Gasteiger partial charge in [-0.25, -0.2) is 0 Å². The fraction of sp³-hybridized carbons (Fsp3) is 0.294. The molecule has 0 spiro atoms. The Labute approximate surface area is 347 Å². The molecule has 3 aliphatic heterocycles. The van der Waals surface area contributed by atoms with E-state index in [9.17, 15) is 0 Å². The molecule has 3 unspecified atom stereocenters. The number of fused-ring (bicyclic) bond motifs is 3. The Bertz CT molecular complexity index is 2090. The van der Waals surface area contributed by atoms with Crippen molar-refractivity contribution in [1.82, 2.24) is 4.57 Å². The predicted octanol–water partition coefficient (Wildman–Crippen LogP) is 14.0. The van der Waals surface area contributed by atoms with Crippen LogP contribution in [0.2, 0.25) is 0 Å². The van der Waals surface area contributed by atoms with Crippen molar-refractivity contribution in [3.05, 3.63) is 190 Å². The third-order valence-corrected chi connectivity index (χ3v) is 11.1. The van der Waals surface area contributed by atoms with Gasteiger partial charge in [0, 0.05) is 36.6 Å². The summed E-state index contributed by atoms with van der Waals surface area (Å²) in [6.45, 7) is 3.06. The smallest absolute Gasteiger partial charge is 0.0541 e. The maximum atomic E-state index is 4.76. The van der Waals surface area contributed by atoms with Crippen LogP contribution in [-0.4, -0.2) is 24.2 Å². The number of hydrogen-bond acceptors (Lipinski definition) is 0. The van der Waals surface area contributed by atoms with Gasteiger partial charge >= 0.3 is 0 Å². The van der Waals surface area contributed by atoms with Gasteiger partial charge in [0.2, 0.25) is 0 Å². The van der Waals surface area contributed by atoms with E-state index in [2.05, 4.69) is 149 Å². The van der Waals surface area contributed by atoms with E-state index < -0.39 is 0 Å². The van der Waals surface area contributed by atoms with E-state index in [-0.39, 0.29) is 20.1 Å². The second kappa shape index (κ2) is 20.2. The summed E-state index contributed by atoms with van der Waals surface area (Å²) in [5.74, 6) is 0. The second-order valence-electron chi connectivity index (χ2n) is 14.8. The van der Waals surface area contributed by atoms with Crippen molar-refractivity contribution >= 4 is 21.8 Å². The zero-order valence-corrected chi connectivity index (χ0v) is 34.5. The second-order valence-corrected chi connectivity index (χ2v) is 14.8. The van der Waals surface area contributed by atoms with Crippen LogP contribution < -0.4 is 0 Å². The van der Waals surface area contributed by atoms with Crippen LogP contribution in [-0.2, 0) is 20.1 Å². The topological polar surface area (TPSA) is 47.2 Å². The molecule has 5 heteroatoms. The van der Waals surface area contributed by atoms with Gasteiger partial charge in [-0.05, 0) is 24.3 Å². The molecule has 4 heterocycles. The molecule has 0 amide bonds. The minimum atomic E-state index is 0. The molecule has 3 atom stereocenters. The standard InChI is InChI=1S/C29H24N2.2C11H13N.Ir/c1-3-10-28-25(7-1)26-8-2-4-11-29(26)31(28)24-18-16-22(17-19-24)21-12-14-23(15-13-21)27-9-5-6-20-30-27;2*1-2-6-10(7-3-1)11-8-4-5-9-12-11;/h1-4,7-8,10-14,16-19,27H,5-6,9,20H2;2*1-3,6,11H,4-5,8-9H2;/q3*-2;. The molecule has 4 nitrogen and oxygen atoms in total. The van der Waals surface area contributed by atoms with Crippen LogP contribution in [0.1, 0.15) is 92.6 Å². The Morgan fingerprint density at radius 2 is 0.875 bits per heavy atom. The van der Waals surface area contributed by atoms with Crippen LogP contribution in [0, 0.1) is 18.2 Å². The number of nitrogens with zero attached hydrogens (tertiary/aromatic N) is 4. The summed E-state index contributed by atoms with van der Waals surface area (Å²) in [6, 6.07) is 60.2. The number of rotatable bonds is 5. The zero-order valence-electron chi connectivity index (χ0n) is 32.1. The van der Waals surface area contributed by atoms with Crippen molar-refractivity contribution in [2.75, 3.05) is 19.6 Å². The fourth-order valence-corrected chi connectivity index (χ4v) is 8.18. The molecule has 3 aliphatic rings. The van der Waals surface area contributed by atoms with E-state index in [1.165, 1.54) is 107 Å². The van der Waals surface area contributed by atoms with E-state index in [0.29, 0.717) is 18.1 Å². The summed E-state index contributed by atoms with van der Waals surface area (Å²) in [5, 5.41) is 16.5. The third-order valence-electron chi connectivity index (χ3n) is 11.1. The van der Waals surface area contributed by atoms with Gasteiger partial charge in [-0.3, -0.25) is 0 Å². The van der Waals surface area contributed by atoms with Crippen LogP contribution in [0.3, 0.4) is 0 Å². The molecule has 289 valence electrons. The van der Waals surface area contributed by atoms with Gasteiger partial charge in [0.25, 0.3) is 0 Å². The molecule has 1 radical (unpaired) electrons. The molecule has 3 fully saturated rings. The first kappa shape index (κ1) is 39.9. The largest absolute Gasteiger partial charge is 0.657 e. The summed E-state index contributed by atoms with van der Waals surface area (Å²) in [6.07, 6.45) is 11.2. The maximum absolute atomic E-state index is 4.76. The van der Waals surface area contributed by atoms with E-state index in [1.54, 1.807) is 0 Å². The molecular weight excluding hydrogens is 861 g/mol. The van der Waals surface area contributed by atoms with Gasteiger partial charge in [-0.2, -0.15) is 102 Å². The Balaban J connectivity index is 0.000000157. The first-order valence-electron chi connectivity index (χ1n) is 20.4. The van der Waals surface area contributed by atoms with Crippen LogP contribution in [0.4, 0.5) is 0 Å². The monoisotopic (exact) mass is 911 g/mol. The SMILES string of the molecule is [Ir].[c-]1cc(-c2ccc(-n3c4ccccc4c4ccccc43)cc2)ccc1C1CCCC[N-]1.[c-]1ccccc1C1CCCC[N-]1.[c-]1ccccc1C1CCCC[N-]1. The minimum Gasteiger partial charge on any atom is -0.657 e. The van der Waals surface area contributed by atoms with E-state index in [0.717, 1.165) is 26.1 Å². The van der Waals surface area contributed by atoms with Crippen LogP contribution >= 0.6 is 0 Å². The van der Waals surface area contributed by atoms with Crippen molar-refractivity contribution in [1.29, 1.82) is 0 Å². The molecular formula is C51H50IrN4-6. The number of hydrogen-bond donors (Lipinski definition) is 0. The van der Waals surface area contributed by atoms with Crippen LogP contribution in [0.25, 0.3) is 54.6 Å². The van der Waals surface area contributed by atoms with Gasteiger partial charge in [-0.15, -0.1) is 43.3 Å². The molecule has 3 saturated heterocycles. The summed E-state index contributed by atoms with van der Waals surface area (Å²) in [5.41, 5.74) is 9.83. The number of piperidine rings is 3. The summed E-state index contributed by atoms with van der Waals surface area (Å²) >= 11 is 0. The number of aromatic nitrogens is 1. The third kappa shape index (κ3) is 9.77. The van der Waals surface area contributed by atoms with Gasteiger partial charge in [0.05, 0.1) is 11.0 Å². The molecule has 0 saturated carbocycles. The van der Waals surface area contributed by atoms with Gasteiger partial charge in [0.1, 0.15) is 0 Å². The van der Waals surface area contributed by atoms with E-state index in [1.807, 2.05) is 24.3 Å². The van der Waals surface area contributed by atoms with Gasteiger partial charge < -0.3 is 20.5 Å². The number of benzene rings is 6. The van der Waals surface area contributed by atoms with Crippen LogP contribution in [0.5, 0.6) is 0 Å². The molecule has 0 bridgehead atoms. The summed E-state index contributed by atoms with van der Waals surface area (Å²) in [4.78, 5) is 0. The van der Waals surface area contributed by atoms with Gasteiger partial charge in [-0.1, -0.05) is 112 Å². The Kier molecular flexibility index (Phi) is 14.4. The normalized spacial score (nSPS) is 19.5. The Hall–Kier alpha value is -4.35. The fourth-order valence-electron chi connectivity index (χ4n) is 8.18. The first-order valence-corrected chi connectivity index (χ1v) is 20.4. The van der Waals surface area contributed by atoms with Crippen molar-refractivity contribution in [3.8, 4) is 16.8 Å². The zero-order chi connectivity index (χ0) is 37.1. The first-order chi connectivity index (χ1) is 27.3. The molecule has 6 aromatic carbocycles. The number of para-hydroxylation sites is 2. The summed E-state index contributed by atoms with van der Waals surface area (Å²) in [7, 11) is 0. The van der Waals surface area contributed by atoms with Crippen molar-refractivity contribution in [2.24, 2.45) is 0 Å². The molecule has 10 rings (SSSR count). The van der Waals surface area contributed by atoms with Crippen molar-refractivity contribution in [2.45, 2.75) is 75.9 Å². The molecule has 56 heavy (non-hydrogen) atoms. The molecule has 0 N–H and O–H groups in total. The molecule has 1 aromatic heterocycles. The minimum absolute atomic E-state index is 0. The van der Waals surface area contributed by atoms with Crippen molar-refractivity contribution < 1.29 is 20.1 Å². The molecule has 0 aliphatic carbocycles. The van der Waals surface area contributed by atoms with Crippen LogP contribution in [0.15, 0.2) is 140 Å². The average Bonchev–Trinajstić information content (AvgIpc) is 3.63. The molecule has 7 aromatic rings. The van der Waals surface area contributed by atoms with E-state index >= 15 is 0 Å². The van der Waals surface area contributed by atoms with Gasteiger partial charge in [0.15, 0.2) is 0 Å². The average molecular weight is 911 g/mol. The van der Waals surface area contributed by atoms with E-state index in [4.69, 9.17) is 5.32 Å². The van der Waals surface area contributed by atoms with Crippen molar-refractivity contribution in [3.63, 3.8) is 0 Å².